The van der Waals surface area contributed by atoms with Crippen LogP contribution in [0.4, 0.5) is 0 Å². The van der Waals surface area contributed by atoms with Crippen molar-refractivity contribution in [2.75, 3.05) is 6.61 Å². The van der Waals surface area contributed by atoms with Crippen molar-refractivity contribution in [2.45, 2.75) is 47.1 Å². The second kappa shape index (κ2) is 11.8. The van der Waals surface area contributed by atoms with Gasteiger partial charge in [-0.1, -0.05) is 50.8 Å². The van der Waals surface area contributed by atoms with Crippen molar-refractivity contribution in [1.29, 1.82) is 0 Å². The number of ether oxygens (including phenoxy) is 1. The fourth-order valence-corrected chi connectivity index (χ4v) is 2.77. The average molecular weight is 408 g/mol. The van der Waals surface area contributed by atoms with Gasteiger partial charge < -0.3 is 10.5 Å². The molecule has 2 N–H and O–H groups in total. The highest BCUT2D eigenvalue weighted by molar-refractivity contribution is 8.93. The number of hydrogen-bond donors (Lipinski definition) is 1. The van der Waals surface area contributed by atoms with Crippen LogP contribution in [0.25, 0.3) is 10.8 Å². The van der Waals surface area contributed by atoms with Crippen LogP contribution in [0, 0.1) is 0 Å². The Morgan fingerprint density at radius 1 is 1.12 bits per heavy atom. The molecule has 138 valence electrons. The largest absolute Gasteiger partial charge is 0.463 e. The molecule has 2 aromatic carbocycles. The zero-order chi connectivity index (χ0) is 18.1. The highest BCUT2D eigenvalue weighted by atomic mass is 79.9. The summed E-state index contributed by atoms with van der Waals surface area (Å²) in [5.74, 6) is -0.312. The molecule has 4 heteroatoms. The third kappa shape index (κ3) is 6.29. The van der Waals surface area contributed by atoms with E-state index in [4.69, 9.17) is 5.73 Å². The Balaban J connectivity index is 0.000000552. The van der Waals surface area contributed by atoms with Gasteiger partial charge in [0.15, 0.2) is 0 Å². The van der Waals surface area contributed by atoms with Gasteiger partial charge in [-0.2, -0.15) is 0 Å². The van der Waals surface area contributed by atoms with Crippen molar-refractivity contribution in [2.24, 2.45) is 5.73 Å². The van der Waals surface area contributed by atoms with E-state index in [1.54, 1.807) is 13.8 Å². The zero-order valence-corrected chi connectivity index (χ0v) is 17.4. The molecule has 3 nitrogen and oxygen atoms in total. The van der Waals surface area contributed by atoms with E-state index >= 15 is 0 Å². The van der Waals surface area contributed by atoms with Crippen molar-refractivity contribution in [3.63, 3.8) is 0 Å². The van der Waals surface area contributed by atoms with Gasteiger partial charge in [0.25, 0.3) is 0 Å². The number of aryl methyl sites for hydroxylation is 1. The van der Waals surface area contributed by atoms with Crippen molar-refractivity contribution in [3.8, 4) is 0 Å². The summed E-state index contributed by atoms with van der Waals surface area (Å²) in [4.78, 5) is 10.4. The number of fused-ring (bicyclic) bond motifs is 1. The summed E-state index contributed by atoms with van der Waals surface area (Å²) in [7, 11) is 0. The van der Waals surface area contributed by atoms with E-state index in [1.807, 2.05) is 0 Å². The zero-order valence-electron chi connectivity index (χ0n) is 15.7. The maximum atomic E-state index is 10.4. The molecule has 0 saturated carbocycles. The van der Waals surface area contributed by atoms with E-state index in [9.17, 15) is 4.79 Å². The Hall–Kier alpha value is -1.65. The lowest BCUT2D eigenvalue weighted by Gasteiger charge is -2.15. The molecule has 0 saturated heterocycles. The molecule has 0 aliphatic rings. The van der Waals surface area contributed by atoms with Gasteiger partial charge in [-0.3, -0.25) is 0 Å². The van der Waals surface area contributed by atoms with Crippen LogP contribution in [0.3, 0.4) is 0 Å². The summed E-state index contributed by atoms with van der Waals surface area (Å²) in [5, 5.41) is 2.64. The van der Waals surface area contributed by atoms with Crippen LogP contribution >= 0.6 is 17.0 Å². The maximum Gasteiger partial charge on any atom is 0.333 e. The molecule has 2 rings (SSSR count). The monoisotopic (exact) mass is 407 g/mol. The minimum Gasteiger partial charge on any atom is -0.463 e. The lowest BCUT2D eigenvalue weighted by Crippen LogP contribution is -2.05. The van der Waals surface area contributed by atoms with Gasteiger partial charge in [0, 0.05) is 12.1 Å². The number of rotatable bonds is 5. The minimum atomic E-state index is -0.312. The number of halogens is 1. The van der Waals surface area contributed by atoms with Gasteiger partial charge in [-0.05, 0) is 54.2 Å². The van der Waals surface area contributed by atoms with Gasteiger partial charge in [0.1, 0.15) is 0 Å². The molecule has 0 amide bonds. The summed E-state index contributed by atoms with van der Waals surface area (Å²) < 4.78 is 4.56. The molecule has 0 heterocycles. The normalized spacial score (nSPS) is 9.64. The first-order chi connectivity index (χ1) is 11.5. The Kier molecular flexibility index (Phi) is 11.0. The van der Waals surface area contributed by atoms with E-state index in [1.165, 1.54) is 27.5 Å². The average Bonchev–Trinajstić information content (AvgIpc) is 2.60. The number of carbonyl (C=O) groups is 1. The van der Waals surface area contributed by atoms with E-state index in [0.717, 1.165) is 12.8 Å². The molecule has 0 aromatic heterocycles. The summed E-state index contributed by atoms with van der Waals surface area (Å²) in [5.41, 5.74) is 10.6. The number of carbonyl (C=O) groups excluding carboxylic acids is 1. The van der Waals surface area contributed by atoms with Crippen molar-refractivity contribution in [1.82, 2.24) is 0 Å². The third-order valence-corrected chi connectivity index (χ3v) is 3.93. The first kappa shape index (κ1) is 23.4. The molecular weight excluding hydrogens is 378 g/mol. The van der Waals surface area contributed by atoms with Gasteiger partial charge in [-0.25, -0.2) is 4.79 Å². The van der Waals surface area contributed by atoms with Crippen molar-refractivity contribution in [3.05, 3.63) is 59.2 Å². The van der Waals surface area contributed by atoms with Gasteiger partial charge in [0.2, 0.25) is 0 Å². The topological polar surface area (TPSA) is 52.3 Å². The first-order valence-electron chi connectivity index (χ1n) is 8.55. The molecule has 2 aromatic rings. The molecule has 0 atom stereocenters. The highest BCUT2D eigenvalue weighted by Gasteiger charge is 2.09. The molecular formula is C21H30BrNO2. The Morgan fingerprint density at radius 3 is 2.20 bits per heavy atom. The van der Waals surface area contributed by atoms with E-state index in [0.29, 0.717) is 18.7 Å². The Bertz CT molecular complexity index is 710. The predicted octanol–water partition coefficient (Wildman–Crippen LogP) is 5.13. The summed E-state index contributed by atoms with van der Waals surface area (Å²) in [6.07, 6.45) is 2.15. The van der Waals surface area contributed by atoms with Crippen LogP contribution in [0.2, 0.25) is 0 Å². The number of nitrogens with two attached hydrogens (primary N) is 1. The summed E-state index contributed by atoms with van der Waals surface area (Å²) in [6.45, 7) is 12.3. The van der Waals surface area contributed by atoms with E-state index in [2.05, 4.69) is 55.5 Å². The molecule has 0 aliphatic heterocycles. The van der Waals surface area contributed by atoms with Crippen LogP contribution in [0.1, 0.15) is 44.4 Å². The van der Waals surface area contributed by atoms with Gasteiger partial charge >= 0.3 is 5.97 Å². The minimum absolute atomic E-state index is 0. The van der Waals surface area contributed by atoms with Crippen LogP contribution in [0.5, 0.6) is 0 Å². The fourth-order valence-electron chi connectivity index (χ4n) is 2.77. The van der Waals surface area contributed by atoms with Gasteiger partial charge in [-0.15, -0.1) is 17.0 Å². The quantitative estimate of drug-likeness (QED) is 0.552. The lowest BCUT2D eigenvalue weighted by atomic mass is 9.91. The predicted molar refractivity (Wildman–Crippen MR) is 112 cm³/mol. The number of benzene rings is 2. The Labute approximate surface area is 162 Å². The smallest absolute Gasteiger partial charge is 0.333 e. The molecule has 0 aliphatic carbocycles. The van der Waals surface area contributed by atoms with Crippen LogP contribution in [-0.4, -0.2) is 12.6 Å². The first-order valence-corrected chi connectivity index (χ1v) is 8.55. The van der Waals surface area contributed by atoms with E-state index in [-0.39, 0.29) is 23.0 Å². The number of esters is 1. The maximum absolute atomic E-state index is 10.4. The second-order valence-corrected chi connectivity index (χ2v) is 5.63. The van der Waals surface area contributed by atoms with Crippen LogP contribution in [-0.2, 0) is 28.9 Å². The summed E-state index contributed by atoms with van der Waals surface area (Å²) >= 11 is 0. The molecule has 0 radical (unpaired) electrons. The molecule has 0 unspecified atom stereocenters. The number of hydrogen-bond acceptors (Lipinski definition) is 3. The molecule has 0 bridgehead atoms. The molecule has 0 spiro atoms. The lowest BCUT2D eigenvalue weighted by molar-refractivity contribution is -0.138. The fraction of sp³-hybridized carbons (Fsp3) is 0.381. The molecule has 0 fully saturated rings. The van der Waals surface area contributed by atoms with Gasteiger partial charge in [0.05, 0.1) is 6.61 Å². The van der Waals surface area contributed by atoms with E-state index < -0.39 is 0 Å². The second-order valence-electron chi connectivity index (χ2n) is 5.63. The van der Waals surface area contributed by atoms with Crippen LogP contribution in [0.15, 0.2) is 42.5 Å². The van der Waals surface area contributed by atoms with Crippen molar-refractivity contribution >= 4 is 33.7 Å². The van der Waals surface area contributed by atoms with Crippen LogP contribution < -0.4 is 5.73 Å². The van der Waals surface area contributed by atoms with Crippen molar-refractivity contribution < 1.29 is 9.53 Å². The molecule has 25 heavy (non-hydrogen) atoms. The Morgan fingerprint density at radius 2 is 1.76 bits per heavy atom. The highest BCUT2D eigenvalue weighted by Crippen LogP contribution is 2.26. The third-order valence-electron chi connectivity index (χ3n) is 3.93. The standard InChI is InChI=1S/C15H19N.C6H10O2.BrH/c1-3-11-9-12-7-5-6-8-14(12)15(10-16)13(11)4-2;1-4-8-6(7)5(2)3;/h5-9H,3-4,10,16H2,1-2H3;2,4H2,1,3H3;1H. The SMILES string of the molecule is Br.C=C(C)C(=O)OCC.CCc1cc2ccccc2c(CN)c1CC. The summed E-state index contributed by atoms with van der Waals surface area (Å²) in [6, 6.07) is 10.8.